The van der Waals surface area contributed by atoms with E-state index in [1.165, 1.54) is 18.4 Å². The first kappa shape index (κ1) is 15.0. The number of rotatable bonds is 6. The van der Waals surface area contributed by atoms with E-state index >= 15 is 0 Å². The predicted molar refractivity (Wildman–Crippen MR) is 84.1 cm³/mol. The molecule has 3 heteroatoms. The number of benzene rings is 1. The van der Waals surface area contributed by atoms with Crippen LogP contribution in [-0.2, 0) is 11.3 Å². The van der Waals surface area contributed by atoms with Gasteiger partial charge in [0, 0.05) is 18.7 Å². The normalized spacial score (nSPS) is 32.5. The summed E-state index contributed by atoms with van der Waals surface area (Å²) in [6.45, 7) is 1.41. The summed E-state index contributed by atoms with van der Waals surface area (Å²) >= 11 is 0. The lowest BCUT2D eigenvalue weighted by molar-refractivity contribution is -0.0552. The van der Waals surface area contributed by atoms with Crippen LogP contribution in [0.15, 0.2) is 30.3 Å². The number of hydrogen-bond acceptors (Lipinski definition) is 3. The van der Waals surface area contributed by atoms with E-state index in [2.05, 4.69) is 24.1 Å². The molecule has 2 saturated heterocycles. The largest absolute Gasteiger partial charge is 0.390 e. The highest BCUT2D eigenvalue weighted by Crippen LogP contribution is 2.41. The maximum atomic E-state index is 10.8. The second kappa shape index (κ2) is 6.47. The van der Waals surface area contributed by atoms with E-state index < -0.39 is 5.60 Å². The number of aliphatic hydroxyl groups is 1. The Morgan fingerprint density at radius 1 is 1.19 bits per heavy atom. The Morgan fingerprint density at radius 3 is 2.52 bits per heavy atom. The van der Waals surface area contributed by atoms with Gasteiger partial charge in [0.2, 0.25) is 0 Å². The Bertz CT molecular complexity index is 434. The number of piperidine rings is 1. The van der Waals surface area contributed by atoms with Crippen molar-refractivity contribution >= 4 is 0 Å². The van der Waals surface area contributed by atoms with Gasteiger partial charge in [-0.25, -0.2) is 0 Å². The van der Waals surface area contributed by atoms with Gasteiger partial charge in [0.05, 0.1) is 12.2 Å². The van der Waals surface area contributed by atoms with Gasteiger partial charge in [0.25, 0.3) is 0 Å². The standard InChI is InChI=1S/C18H27NO2/c1-19-16-8-9-17(19)13-18(20,12-16)10-5-11-21-14-15-6-3-2-4-7-15/h2-4,6-7,16-17,20H,5,8-14H2,1H3. The maximum Gasteiger partial charge on any atom is 0.0716 e. The van der Waals surface area contributed by atoms with Crippen molar-refractivity contribution in [2.24, 2.45) is 0 Å². The SMILES string of the molecule is CN1C2CCC1CC(O)(CCCOCc1ccccc1)C2. The molecule has 0 saturated carbocycles. The molecular formula is C18H27NO2. The molecule has 0 amide bonds. The summed E-state index contributed by atoms with van der Waals surface area (Å²) < 4.78 is 5.72. The number of fused-ring (bicyclic) bond motifs is 2. The van der Waals surface area contributed by atoms with Crippen LogP contribution in [0.5, 0.6) is 0 Å². The lowest BCUT2D eigenvalue weighted by Crippen LogP contribution is -2.49. The molecule has 1 N–H and O–H groups in total. The zero-order chi connectivity index (χ0) is 14.7. The third-order valence-electron chi connectivity index (χ3n) is 5.26. The first-order valence-electron chi connectivity index (χ1n) is 8.22. The Balaban J connectivity index is 1.38. The molecule has 2 aliphatic heterocycles. The molecule has 1 aromatic rings. The van der Waals surface area contributed by atoms with Crippen LogP contribution in [0, 0.1) is 0 Å². The quantitative estimate of drug-likeness (QED) is 0.817. The summed E-state index contributed by atoms with van der Waals surface area (Å²) in [4.78, 5) is 2.47. The lowest BCUT2D eigenvalue weighted by Gasteiger charge is -2.42. The summed E-state index contributed by atoms with van der Waals surface area (Å²) in [6, 6.07) is 11.5. The van der Waals surface area contributed by atoms with Crippen molar-refractivity contribution in [3.63, 3.8) is 0 Å². The van der Waals surface area contributed by atoms with Gasteiger partial charge < -0.3 is 14.7 Å². The molecule has 2 aliphatic rings. The van der Waals surface area contributed by atoms with E-state index in [-0.39, 0.29) is 0 Å². The maximum absolute atomic E-state index is 10.8. The molecule has 3 rings (SSSR count). The van der Waals surface area contributed by atoms with E-state index in [0.717, 1.165) is 32.3 Å². The molecule has 116 valence electrons. The molecule has 1 aromatic carbocycles. The molecule has 2 heterocycles. The molecule has 0 radical (unpaired) electrons. The lowest BCUT2D eigenvalue weighted by atomic mass is 9.83. The van der Waals surface area contributed by atoms with Gasteiger partial charge >= 0.3 is 0 Å². The first-order chi connectivity index (χ1) is 10.2. The van der Waals surface area contributed by atoms with E-state index in [9.17, 15) is 5.11 Å². The smallest absolute Gasteiger partial charge is 0.0716 e. The molecule has 21 heavy (non-hydrogen) atoms. The molecule has 2 atom stereocenters. The van der Waals surface area contributed by atoms with Crippen LogP contribution in [0.3, 0.4) is 0 Å². The van der Waals surface area contributed by atoms with Gasteiger partial charge in [-0.15, -0.1) is 0 Å². The molecule has 2 bridgehead atoms. The molecule has 0 spiro atoms. The van der Waals surface area contributed by atoms with Gasteiger partial charge in [-0.3, -0.25) is 0 Å². The minimum Gasteiger partial charge on any atom is -0.390 e. The summed E-state index contributed by atoms with van der Waals surface area (Å²) in [7, 11) is 2.21. The Kier molecular flexibility index (Phi) is 4.63. The van der Waals surface area contributed by atoms with E-state index in [1.807, 2.05) is 18.2 Å². The van der Waals surface area contributed by atoms with Crippen molar-refractivity contribution in [1.29, 1.82) is 0 Å². The highest BCUT2D eigenvalue weighted by Gasteiger charge is 2.45. The molecule has 0 aliphatic carbocycles. The van der Waals surface area contributed by atoms with Crippen LogP contribution in [0.1, 0.15) is 44.1 Å². The third kappa shape index (κ3) is 3.65. The van der Waals surface area contributed by atoms with Crippen LogP contribution in [0.25, 0.3) is 0 Å². The Hall–Kier alpha value is -0.900. The van der Waals surface area contributed by atoms with Crippen molar-refractivity contribution < 1.29 is 9.84 Å². The summed E-state index contributed by atoms with van der Waals surface area (Å²) in [5, 5.41) is 10.8. The summed E-state index contributed by atoms with van der Waals surface area (Å²) in [5.41, 5.74) is 0.766. The van der Waals surface area contributed by atoms with Crippen LogP contribution < -0.4 is 0 Å². The van der Waals surface area contributed by atoms with E-state index in [4.69, 9.17) is 4.74 Å². The summed E-state index contributed by atoms with van der Waals surface area (Å²) in [5.74, 6) is 0. The average molecular weight is 289 g/mol. The van der Waals surface area contributed by atoms with Gasteiger partial charge in [-0.05, 0) is 51.1 Å². The van der Waals surface area contributed by atoms with Crippen molar-refractivity contribution in [2.45, 2.75) is 62.8 Å². The van der Waals surface area contributed by atoms with Crippen LogP contribution in [0.2, 0.25) is 0 Å². The van der Waals surface area contributed by atoms with Crippen LogP contribution in [-0.4, -0.2) is 41.3 Å². The monoisotopic (exact) mass is 289 g/mol. The van der Waals surface area contributed by atoms with Crippen LogP contribution in [0.4, 0.5) is 0 Å². The first-order valence-corrected chi connectivity index (χ1v) is 8.22. The van der Waals surface area contributed by atoms with Gasteiger partial charge in [0.1, 0.15) is 0 Å². The van der Waals surface area contributed by atoms with E-state index in [1.54, 1.807) is 0 Å². The second-order valence-corrected chi connectivity index (χ2v) is 6.82. The number of hydrogen-bond donors (Lipinski definition) is 1. The van der Waals surface area contributed by atoms with Gasteiger partial charge in [0.15, 0.2) is 0 Å². The van der Waals surface area contributed by atoms with Crippen LogP contribution >= 0.6 is 0 Å². The average Bonchev–Trinajstić information content (AvgIpc) is 2.72. The molecule has 2 fully saturated rings. The zero-order valence-electron chi connectivity index (χ0n) is 13.0. The highest BCUT2D eigenvalue weighted by atomic mass is 16.5. The van der Waals surface area contributed by atoms with Crippen molar-refractivity contribution in [1.82, 2.24) is 4.90 Å². The fraction of sp³-hybridized carbons (Fsp3) is 0.667. The number of nitrogens with zero attached hydrogens (tertiary/aromatic N) is 1. The fourth-order valence-corrected chi connectivity index (χ4v) is 4.01. The molecule has 0 aromatic heterocycles. The Labute approximate surface area is 127 Å². The number of ether oxygens (including phenoxy) is 1. The molecule has 3 nitrogen and oxygen atoms in total. The fourth-order valence-electron chi connectivity index (χ4n) is 4.01. The minimum atomic E-state index is -0.450. The zero-order valence-corrected chi connectivity index (χ0v) is 13.0. The third-order valence-corrected chi connectivity index (χ3v) is 5.26. The van der Waals surface area contributed by atoms with Crippen molar-refractivity contribution in [3.05, 3.63) is 35.9 Å². The van der Waals surface area contributed by atoms with E-state index in [0.29, 0.717) is 18.7 Å². The van der Waals surface area contributed by atoms with Crippen molar-refractivity contribution in [2.75, 3.05) is 13.7 Å². The second-order valence-electron chi connectivity index (χ2n) is 6.82. The Morgan fingerprint density at radius 2 is 1.86 bits per heavy atom. The molecular weight excluding hydrogens is 262 g/mol. The van der Waals surface area contributed by atoms with Crippen molar-refractivity contribution in [3.8, 4) is 0 Å². The highest BCUT2D eigenvalue weighted by molar-refractivity contribution is 5.13. The summed E-state index contributed by atoms with van der Waals surface area (Å²) in [6.07, 6.45) is 6.23. The predicted octanol–water partition coefficient (Wildman–Crippen LogP) is 2.97. The minimum absolute atomic E-state index is 0.450. The van der Waals surface area contributed by atoms with Gasteiger partial charge in [-0.2, -0.15) is 0 Å². The topological polar surface area (TPSA) is 32.7 Å². The van der Waals surface area contributed by atoms with Gasteiger partial charge in [-0.1, -0.05) is 30.3 Å². The molecule has 2 unspecified atom stereocenters.